The molecule has 4 aliphatic rings. The summed E-state index contributed by atoms with van der Waals surface area (Å²) in [4.78, 5) is 12.0. The van der Waals surface area contributed by atoms with Crippen LogP contribution in [0.4, 0.5) is 0 Å². The summed E-state index contributed by atoms with van der Waals surface area (Å²) in [5, 5.41) is 11.3. The summed E-state index contributed by atoms with van der Waals surface area (Å²) in [6.45, 7) is 1.39. The molecule has 2 nitrogen and oxygen atoms in total. The van der Waals surface area contributed by atoms with Crippen LogP contribution in [0.3, 0.4) is 0 Å². The Labute approximate surface area is 142 Å². The molecule has 0 heterocycles. The third kappa shape index (κ3) is 1.79. The lowest BCUT2D eigenvalue weighted by Gasteiger charge is -2.60. The summed E-state index contributed by atoms with van der Waals surface area (Å²) in [7, 11) is 0. The number of ketones is 1. The van der Waals surface area contributed by atoms with Gasteiger partial charge in [-0.1, -0.05) is 13.8 Å². The van der Waals surface area contributed by atoms with E-state index in [2.05, 4.69) is 6.92 Å². The summed E-state index contributed by atoms with van der Waals surface area (Å²) in [5.41, 5.74) is -3.15. The van der Waals surface area contributed by atoms with Gasteiger partial charge in [0.05, 0.1) is 5.60 Å². The fourth-order valence-electron chi connectivity index (χ4n) is 6.65. The second kappa shape index (κ2) is 4.59. The highest BCUT2D eigenvalue weighted by Gasteiger charge is 2.63. The fourth-order valence-corrected chi connectivity index (χ4v) is 6.65. The lowest BCUT2D eigenvalue weighted by atomic mass is 9.44. The van der Waals surface area contributed by atoms with Gasteiger partial charge in [-0.15, -0.1) is 0 Å². The maximum Gasteiger partial charge on any atom is 0.133 e. The molecule has 2 heteroatoms. The molecule has 4 rings (SSSR count). The molecule has 0 unspecified atom stereocenters. The van der Waals surface area contributed by atoms with Crippen LogP contribution in [0.25, 0.3) is 0 Å². The molecule has 124 valence electrons. The van der Waals surface area contributed by atoms with Crippen molar-refractivity contribution in [2.45, 2.75) is 84.0 Å². The number of aliphatic hydroxyl groups is 1. The Morgan fingerprint density at radius 3 is 2.77 bits per heavy atom. The zero-order valence-corrected chi connectivity index (χ0v) is 13.8. The molecule has 0 radical (unpaired) electrons. The zero-order chi connectivity index (χ0) is 20.0. The van der Waals surface area contributed by atoms with Gasteiger partial charge in [-0.05, 0) is 86.3 Å². The van der Waals surface area contributed by atoms with Gasteiger partial charge in [0.1, 0.15) is 5.78 Å². The van der Waals surface area contributed by atoms with Gasteiger partial charge in [0.15, 0.2) is 0 Å². The van der Waals surface area contributed by atoms with Crippen LogP contribution in [0.15, 0.2) is 0 Å². The first-order chi connectivity index (χ1) is 12.3. The average molecular weight is 310 g/mol. The third-order valence-electron chi connectivity index (χ3n) is 8.28. The van der Waals surface area contributed by atoms with Gasteiger partial charge >= 0.3 is 0 Å². The number of carbonyl (C=O) groups excluding carboxylic acids is 1. The molecule has 0 saturated heterocycles. The van der Waals surface area contributed by atoms with Crippen LogP contribution in [0, 0.1) is 34.5 Å². The Kier molecular flexibility index (Phi) is 2.19. The SMILES string of the molecule is [2H]C([2H])([2H])[C@]1(O)C([2H])([2H])C[C@H]2[C@@H]3CC[C@H]4CC(=O)CC[C@]4(C)[C@H]3CC[C@@]21C. The molecule has 0 amide bonds. The van der Waals surface area contributed by atoms with E-state index in [1.54, 1.807) is 0 Å². The zero-order valence-electron chi connectivity index (χ0n) is 18.8. The number of hydrogen-bond donors (Lipinski definition) is 1. The van der Waals surface area contributed by atoms with E-state index in [4.69, 9.17) is 6.85 Å². The summed E-state index contributed by atoms with van der Waals surface area (Å²) >= 11 is 0. The second-order valence-electron chi connectivity index (χ2n) is 8.95. The quantitative estimate of drug-likeness (QED) is 0.722. The molecular weight excluding hydrogens is 272 g/mol. The maximum absolute atomic E-state index is 12.0. The number of hydrogen-bond acceptors (Lipinski definition) is 2. The van der Waals surface area contributed by atoms with Gasteiger partial charge in [0.2, 0.25) is 0 Å². The van der Waals surface area contributed by atoms with Crippen LogP contribution in [0.5, 0.6) is 0 Å². The summed E-state index contributed by atoms with van der Waals surface area (Å²) in [6.07, 6.45) is 3.47. The highest BCUT2D eigenvalue weighted by molar-refractivity contribution is 5.79. The van der Waals surface area contributed by atoms with Crippen LogP contribution in [0.1, 0.15) is 85.3 Å². The van der Waals surface area contributed by atoms with Crippen LogP contribution in [-0.2, 0) is 4.79 Å². The van der Waals surface area contributed by atoms with Crippen molar-refractivity contribution in [1.82, 2.24) is 0 Å². The van der Waals surface area contributed by atoms with E-state index in [9.17, 15) is 9.90 Å². The number of carbonyl (C=O) groups is 1. The highest BCUT2D eigenvalue weighted by atomic mass is 16.3. The molecular formula is C20H32O2. The van der Waals surface area contributed by atoms with E-state index in [0.29, 0.717) is 36.9 Å². The van der Waals surface area contributed by atoms with Gasteiger partial charge < -0.3 is 5.11 Å². The smallest absolute Gasteiger partial charge is 0.133 e. The summed E-state index contributed by atoms with van der Waals surface area (Å²) in [6, 6.07) is 0. The molecule has 0 aromatic heterocycles. The van der Waals surface area contributed by atoms with E-state index in [1.807, 2.05) is 6.92 Å². The van der Waals surface area contributed by atoms with E-state index < -0.39 is 24.2 Å². The molecule has 0 aromatic carbocycles. The van der Waals surface area contributed by atoms with Crippen molar-refractivity contribution in [2.24, 2.45) is 34.5 Å². The lowest BCUT2D eigenvalue weighted by molar-refractivity contribution is -0.152. The van der Waals surface area contributed by atoms with Crippen LogP contribution in [0.2, 0.25) is 0 Å². The monoisotopic (exact) mass is 309 g/mol. The second-order valence-corrected chi connectivity index (χ2v) is 8.95. The van der Waals surface area contributed by atoms with Gasteiger partial charge in [0.25, 0.3) is 0 Å². The predicted molar refractivity (Wildman–Crippen MR) is 87.4 cm³/mol. The summed E-state index contributed by atoms with van der Waals surface area (Å²) < 4.78 is 40.9. The van der Waals surface area contributed by atoms with Crippen LogP contribution >= 0.6 is 0 Å². The molecule has 0 bridgehead atoms. The first-order valence-electron chi connectivity index (χ1n) is 11.5. The molecule has 0 aliphatic heterocycles. The van der Waals surface area contributed by atoms with E-state index in [-0.39, 0.29) is 23.7 Å². The predicted octanol–water partition coefficient (Wildman–Crippen LogP) is 4.35. The van der Waals surface area contributed by atoms with E-state index in [0.717, 1.165) is 25.7 Å². The largest absolute Gasteiger partial charge is 0.390 e. The number of fused-ring (bicyclic) bond motifs is 5. The fraction of sp³-hybridized carbons (Fsp3) is 0.950. The maximum atomic E-state index is 12.0. The highest BCUT2D eigenvalue weighted by Crippen LogP contribution is 2.67. The number of rotatable bonds is 0. The standard InChI is InChI=1S/C20H32O2/c1-18-9-6-14(21)12-13(18)4-5-15-16(18)7-10-19(2)17(15)8-11-20(19,3)22/h13,15-17,22H,4-12H2,1-3H3/t13-,15+,16-,17-,18-,19-,20-/m0/s1/i3D3,11D2. The van der Waals surface area contributed by atoms with Crippen LogP contribution < -0.4 is 0 Å². The number of Topliss-reactive ketones (excluding diaryl/α,β-unsaturated/α-hetero) is 1. The molecule has 7 atom stereocenters. The Hall–Kier alpha value is -0.370. The first-order valence-corrected chi connectivity index (χ1v) is 9.02. The Balaban J connectivity index is 1.73. The van der Waals surface area contributed by atoms with Crippen molar-refractivity contribution < 1.29 is 16.8 Å². The molecule has 0 aromatic rings. The minimum absolute atomic E-state index is 0.0888. The van der Waals surface area contributed by atoms with Crippen molar-refractivity contribution in [3.63, 3.8) is 0 Å². The minimum Gasteiger partial charge on any atom is -0.390 e. The van der Waals surface area contributed by atoms with Gasteiger partial charge in [-0.25, -0.2) is 0 Å². The Morgan fingerprint density at radius 1 is 1.18 bits per heavy atom. The minimum atomic E-state index is -2.74. The van der Waals surface area contributed by atoms with Crippen molar-refractivity contribution in [3.8, 4) is 0 Å². The summed E-state index contributed by atoms with van der Waals surface area (Å²) in [5.74, 6) is 1.29. The molecule has 4 aliphatic carbocycles. The topological polar surface area (TPSA) is 37.3 Å². The van der Waals surface area contributed by atoms with Gasteiger partial charge in [0, 0.05) is 19.7 Å². The molecule has 1 N–H and O–H groups in total. The normalized spacial score (nSPS) is 64.1. The molecule has 4 fully saturated rings. The Morgan fingerprint density at radius 2 is 2.00 bits per heavy atom. The van der Waals surface area contributed by atoms with Crippen molar-refractivity contribution in [1.29, 1.82) is 0 Å². The van der Waals surface area contributed by atoms with Crippen molar-refractivity contribution in [3.05, 3.63) is 0 Å². The van der Waals surface area contributed by atoms with Gasteiger partial charge in [-0.3, -0.25) is 4.79 Å². The van der Waals surface area contributed by atoms with Crippen molar-refractivity contribution in [2.75, 3.05) is 0 Å². The molecule has 4 saturated carbocycles. The van der Waals surface area contributed by atoms with Crippen molar-refractivity contribution >= 4 is 5.78 Å². The van der Waals surface area contributed by atoms with E-state index in [1.165, 1.54) is 0 Å². The molecule has 0 spiro atoms. The van der Waals surface area contributed by atoms with Gasteiger partial charge in [-0.2, -0.15) is 0 Å². The van der Waals surface area contributed by atoms with Crippen LogP contribution in [-0.4, -0.2) is 16.5 Å². The Bertz CT molecular complexity index is 661. The van der Waals surface area contributed by atoms with E-state index >= 15 is 0 Å². The average Bonchev–Trinajstić information content (AvgIpc) is 2.72. The lowest BCUT2D eigenvalue weighted by Crippen LogP contribution is -2.55. The third-order valence-corrected chi connectivity index (χ3v) is 8.28. The molecule has 22 heavy (non-hydrogen) atoms. The first kappa shape index (κ1) is 10.5.